The minimum Gasteiger partial charge on any atom is -0.497 e. The maximum atomic E-state index is 12.2. The Balaban J connectivity index is 1.83. The first-order valence-electron chi connectivity index (χ1n) is 9.17. The van der Waals surface area contributed by atoms with Gasteiger partial charge in [-0.05, 0) is 55.0 Å². The Morgan fingerprint density at radius 2 is 1.83 bits per heavy atom. The molecule has 0 saturated carbocycles. The van der Waals surface area contributed by atoms with Crippen molar-refractivity contribution >= 4 is 23.9 Å². The number of benzene rings is 2. The van der Waals surface area contributed by atoms with Crippen LogP contribution in [0.4, 0.5) is 0 Å². The van der Waals surface area contributed by atoms with Crippen LogP contribution >= 0.6 is 0 Å². The van der Waals surface area contributed by atoms with Crippen LogP contribution in [0.25, 0.3) is 6.08 Å². The molecule has 0 aromatic heterocycles. The van der Waals surface area contributed by atoms with E-state index in [0.717, 1.165) is 0 Å². The summed E-state index contributed by atoms with van der Waals surface area (Å²) in [6.45, 7) is 1.99. The molecule has 1 aliphatic heterocycles. The number of methoxy groups -OCH3 is 2. The van der Waals surface area contributed by atoms with E-state index < -0.39 is 11.9 Å². The second-order valence-corrected chi connectivity index (χ2v) is 6.07. The van der Waals surface area contributed by atoms with Crippen LogP contribution in [0, 0.1) is 0 Å². The number of nitrogens with zero attached hydrogens (tertiary/aromatic N) is 1. The van der Waals surface area contributed by atoms with Crippen LogP contribution in [-0.2, 0) is 19.1 Å². The standard InChI is InChI=1S/C22H21NO7/c1-4-28-19-12-14(5-10-18(19)29-13-20(24)27-3)11-17-22(25)30-21(23-17)15-6-8-16(26-2)9-7-15/h5-12H,4,13H2,1-3H3/b17-11+. The summed E-state index contributed by atoms with van der Waals surface area (Å²) in [4.78, 5) is 27.8. The number of esters is 2. The van der Waals surface area contributed by atoms with Gasteiger partial charge in [-0.25, -0.2) is 14.6 Å². The highest BCUT2D eigenvalue weighted by molar-refractivity contribution is 6.12. The molecule has 0 amide bonds. The van der Waals surface area contributed by atoms with Crippen molar-refractivity contribution in [3.63, 3.8) is 0 Å². The lowest BCUT2D eigenvalue weighted by Gasteiger charge is -2.11. The van der Waals surface area contributed by atoms with Crippen molar-refractivity contribution in [3.05, 3.63) is 59.3 Å². The second-order valence-electron chi connectivity index (χ2n) is 6.07. The Kier molecular flexibility index (Phi) is 6.69. The minimum absolute atomic E-state index is 0.159. The maximum absolute atomic E-state index is 12.2. The molecular weight excluding hydrogens is 390 g/mol. The molecule has 8 nitrogen and oxygen atoms in total. The lowest BCUT2D eigenvalue weighted by atomic mass is 10.1. The Morgan fingerprint density at radius 1 is 1.07 bits per heavy atom. The molecule has 3 rings (SSSR count). The Bertz CT molecular complexity index is 993. The van der Waals surface area contributed by atoms with E-state index in [1.165, 1.54) is 7.11 Å². The molecule has 0 unspecified atom stereocenters. The van der Waals surface area contributed by atoms with Crippen LogP contribution in [0.5, 0.6) is 17.2 Å². The SMILES string of the molecule is CCOc1cc(/C=C2/N=C(c3ccc(OC)cc3)OC2=O)ccc1OCC(=O)OC. The quantitative estimate of drug-likeness (QED) is 0.487. The Labute approximate surface area is 173 Å². The zero-order chi connectivity index (χ0) is 21.5. The highest BCUT2D eigenvalue weighted by atomic mass is 16.6. The van der Waals surface area contributed by atoms with Gasteiger partial charge in [0.25, 0.3) is 0 Å². The van der Waals surface area contributed by atoms with Gasteiger partial charge in [0.15, 0.2) is 23.8 Å². The zero-order valence-electron chi connectivity index (χ0n) is 16.8. The zero-order valence-corrected chi connectivity index (χ0v) is 16.8. The number of ether oxygens (including phenoxy) is 5. The molecular formula is C22H21NO7. The van der Waals surface area contributed by atoms with Crippen LogP contribution in [-0.4, -0.2) is 45.3 Å². The van der Waals surface area contributed by atoms with Crippen molar-refractivity contribution in [1.29, 1.82) is 0 Å². The molecule has 0 aliphatic carbocycles. The average molecular weight is 411 g/mol. The fraction of sp³-hybridized carbons (Fsp3) is 0.227. The third-order valence-corrected chi connectivity index (χ3v) is 4.10. The highest BCUT2D eigenvalue weighted by Gasteiger charge is 2.24. The van der Waals surface area contributed by atoms with Gasteiger partial charge in [0.2, 0.25) is 5.90 Å². The second kappa shape index (κ2) is 9.60. The van der Waals surface area contributed by atoms with Crippen LogP contribution in [0.2, 0.25) is 0 Å². The van der Waals surface area contributed by atoms with Crippen LogP contribution in [0.1, 0.15) is 18.1 Å². The van der Waals surface area contributed by atoms with Gasteiger partial charge in [0.1, 0.15) is 5.75 Å². The lowest BCUT2D eigenvalue weighted by Crippen LogP contribution is -2.13. The molecule has 1 aliphatic rings. The largest absolute Gasteiger partial charge is 0.497 e. The summed E-state index contributed by atoms with van der Waals surface area (Å²) < 4.78 is 26.0. The minimum atomic E-state index is -0.551. The van der Waals surface area contributed by atoms with Gasteiger partial charge in [0.05, 0.1) is 20.8 Å². The first-order chi connectivity index (χ1) is 14.5. The Morgan fingerprint density at radius 3 is 2.50 bits per heavy atom. The fourth-order valence-electron chi connectivity index (χ4n) is 2.62. The first kappa shape index (κ1) is 20.9. The van der Waals surface area contributed by atoms with Gasteiger partial charge in [-0.15, -0.1) is 0 Å². The number of aliphatic imine (C=N–C) groups is 1. The van der Waals surface area contributed by atoms with Crippen molar-refractivity contribution in [2.24, 2.45) is 4.99 Å². The van der Waals surface area contributed by atoms with Gasteiger partial charge in [-0.3, -0.25) is 0 Å². The fourth-order valence-corrected chi connectivity index (χ4v) is 2.62. The molecule has 30 heavy (non-hydrogen) atoms. The molecule has 0 atom stereocenters. The van der Waals surface area contributed by atoms with E-state index >= 15 is 0 Å². The van der Waals surface area contributed by atoms with Gasteiger partial charge in [-0.2, -0.15) is 0 Å². The van der Waals surface area contributed by atoms with Crippen molar-refractivity contribution in [3.8, 4) is 17.2 Å². The van der Waals surface area contributed by atoms with Crippen molar-refractivity contribution in [2.45, 2.75) is 6.92 Å². The normalized spacial score (nSPS) is 14.2. The summed E-state index contributed by atoms with van der Waals surface area (Å²) in [6.07, 6.45) is 1.59. The number of cyclic esters (lactones) is 1. The van der Waals surface area contributed by atoms with Crippen molar-refractivity contribution in [1.82, 2.24) is 0 Å². The number of hydrogen-bond donors (Lipinski definition) is 0. The highest BCUT2D eigenvalue weighted by Crippen LogP contribution is 2.30. The predicted molar refractivity (Wildman–Crippen MR) is 109 cm³/mol. The molecule has 0 bridgehead atoms. The molecule has 2 aromatic carbocycles. The molecule has 0 saturated heterocycles. The van der Waals surface area contributed by atoms with E-state index in [0.29, 0.717) is 35.0 Å². The van der Waals surface area contributed by atoms with Crippen molar-refractivity contribution < 1.29 is 33.3 Å². The van der Waals surface area contributed by atoms with E-state index in [9.17, 15) is 9.59 Å². The summed E-state index contributed by atoms with van der Waals surface area (Å²) in [6, 6.07) is 12.1. The smallest absolute Gasteiger partial charge is 0.363 e. The van der Waals surface area contributed by atoms with Gasteiger partial charge >= 0.3 is 11.9 Å². The monoisotopic (exact) mass is 411 g/mol. The summed E-state index contributed by atoms with van der Waals surface area (Å²) in [5.41, 5.74) is 1.48. The number of carbonyl (C=O) groups excluding carboxylic acids is 2. The van der Waals surface area contributed by atoms with E-state index in [-0.39, 0.29) is 18.2 Å². The van der Waals surface area contributed by atoms with E-state index in [1.807, 2.05) is 6.92 Å². The van der Waals surface area contributed by atoms with Crippen LogP contribution in [0.15, 0.2) is 53.2 Å². The van der Waals surface area contributed by atoms with E-state index in [4.69, 9.17) is 18.9 Å². The van der Waals surface area contributed by atoms with Crippen molar-refractivity contribution in [2.75, 3.05) is 27.4 Å². The average Bonchev–Trinajstić information content (AvgIpc) is 3.13. The van der Waals surface area contributed by atoms with Crippen LogP contribution < -0.4 is 14.2 Å². The summed E-state index contributed by atoms with van der Waals surface area (Å²) in [7, 11) is 2.86. The summed E-state index contributed by atoms with van der Waals surface area (Å²) in [5.74, 6) is 0.680. The number of hydrogen-bond acceptors (Lipinski definition) is 8. The third-order valence-electron chi connectivity index (χ3n) is 4.10. The van der Waals surface area contributed by atoms with Gasteiger partial charge in [0, 0.05) is 5.56 Å². The van der Waals surface area contributed by atoms with Gasteiger partial charge in [-0.1, -0.05) is 6.07 Å². The lowest BCUT2D eigenvalue weighted by molar-refractivity contribution is -0.143. The molecule has 0 radical (unpaired) electrons. The molecule has 0 N–H and O–H groups in total. The van der Waals surface area contributed by atoms with Crippen LogP contribution in [0.3, 0.4) is 0 Å². The summed E-state index contributed by atoms with van der Waals surface area (Å²) >= 11 is 0. The van der Waals surface area contributed by atoms with Gasteiger partial charge < -0.3 is 23.7 Å². The summed E-state index contributed by atoms with van der Waals surface area (Å²) in [5, 5.41) is 0. The molecule has 2 aromatic rings. The number of rotatable bonds is 8. The molecule has 8 heteroatoms. The van der Waals surface area contributed by atoms with E-state index in [2.05, 4.69) is 9.73 Å². The maximum Gasteiger partial charge on any atom is 0.363 e. The first-order valence-corrected chi connectivity index (χ1v) is 9.17. The molecule has 1 heterocycles. The predicted octanol–water partition coefficient (Wildman–Crippen LogP) is 2.99. The Hall–Kier alpha value is -3.81. The molecule has 0 fully saturated rings. The topological polar surface area (TPSA) is 92.6 Å². The molecule has 156 valence electrons. The van der Waals surface area contributed by atoms with E-state index in [1.54, 1.807) is 55.7 Å². The molecule has 0 spiro atoms. The number of carbonyl (C=O) groups is 2. The third kappa shape index (κ3) is 4.96.